The Morgan fingerprint density at radius 1 is 1.53 bits per heavy atom. The predicted molar refractivity (Wildman–Crippen MR) is 62.4 cm³/mol. The van der Waals surface area contributed by atoms with Crippen LogP contribution in [0.15, 0.2) is 21.9 Å². The summed E-state index contributed by atoms with van der Waals surface area (Å²) >= 11 is 0. The van der Waals surface area contributed by atoms with Crippen molar-refractivity contribution in [1.82, 2.24) is 9.55 Å². The van der Waals surface area contributed by atoms with Crippen molar-refractivity contribution in [3.63, 3.8) is 0 Å². The molecule has 0 aromatic carbocycles. The van der Waals surface area contributed by atoms with Crippen molar-refractivity contribution in [2.75, 3.05) is 13.2 Å². The van der Waals surface area contributed by atoms with Crippen LogP contribution in [0.25, 0.3) is 0 Å². The quantitative estimate of drug-likeness (QED) is 0.639. The van der Waals surface area contributed by atoms with Gasteiger partial charge in [-0.3, -0.25) is 14.3 Å². The summed E-state index contributed by atoms with van der Waals surface area (Å²) in [6.45, 7) is 0.412. The van der Waals surface area contributed by atoms with Gasteiger partial charge in [0.15, 0.2) is 12.4 Å². The molecule has 106 valence electrons. The molecule has 8 heteroatoms. The zero-order chi connectivity index (χ0) is 14.2. The number of rotatable bonds is 3. The molecular formula is C11H15FN2O5. The summed E-state index contributed by atoms with van der Waals surface area (Å²) in [6, 6.07) is 1.07. The molecule has 0 radical (unpaired) electrons. The molecule has 0 amide bonds. The van der Waals surface area contributed by atoms with Crippen LogP contribution in [0.5, 0.6) is 0 Å². The van der Waals surface area contributed by atoms with Crippen LogP contribution in [0.1, 0.15) is 13.2 Å². The molecule has 1 aromatic heterocycles. The van der Waals surface area contributed by atoms with Gasteiger partial charge >= 0.3 is 5.69 Å². The van der Waals surface area contributed by atoms with Crippen molar-refractivity contribution < 1.29 is 19.3 Å². The third-order valence-electron chi connectivity index (χ3n) is 3.55. The highest BCUT2D eigenvalue weighted by Crippen LogP contribution is 2.44. The van der Waals surface area contributed by atoms with Gasteiger partial charge in [0.05, 0.1) is 24.7 Å². The van der Waals surface area contributed by atoms with Crippen molar-refractivity contribution in [2.24, 2.45) is 5.41 Å². The largest absolute Gasteiger partial charge is 0.396 e. The lowest BCUT2D eigenvalue weighted by Gasteiger charge is -2.27. The number of hydrogen-bond donors (Lipinski definition) is 3. The normalized spacial score (nSPS) is 34.6. The standard InChI is InChI=1S/C11H15FN2O5/c1-11(5-16)6(4-15)19-9(8(11)12)14-3-2-7(17)13-10(14)18/h2-3,6,8-9,15-16H,4-5H2,1H3,(H,13,17,18)/t6-,8-,9-,11-/m1/s1. The van der Waals surface area contributed by atoms with Gasteiger partial charge in [0.25, 0.3) is 5.56 Å². The number of aromatic nitrogens is 2. The summed E-state index contributed by atoms with van der Waals surface area (Å²) in [5, 5.41) is 18.5. The minimum absolute atomic E-state index is 0.480. The third kappa shape index (κ3) is 2.11. The van der Waals surface area contributed by atoms with Crippen molar-refractivity contribution in [1.29, 1.82) is 0 Å². The van der Waals surface area contributed by atoms with Crippen molar-refractivity contribution >= 4 is 0 Å². The number of halogens is 1. The van der Waals surface area contributed by atoms with Gasteiger partial charge in [-0.25, -0.2) is 9.18 Å². The summed E-state index contributed by atoms with van der Waals surface area (Å²) in [7, 11) is 0. The molecule has 1 aromatic rings. The van der Waals surface area contributed by atoms with Crippen LogP contribution in [-0.4, -0.2) is 45.3 Å². The van der Waals surface area contributed by atoms with E-state index in [-0.39, 0.29) is 0 Å². The van der Waals surface area contributed by atoms with Gasteiger partial charge in [-0.05, 0) is 0 Å². The fourth-order valence-electron chi connectivity index (χ4n) is 2.17. The second-order valence-corrected chi connectivity index (χ2v) is 4.78. The summed E-state index contributed by atoms with van der Waals surface area (Å²) in [5.41, 5.74) is -2.72. The number of hydrogen-bond acceptors (Lipinski definition) is 5. The molecule has 0 spiro atoms. The lowest BCUT2D eigenvalue weighted by molar-refractivity contribution is -0.0550. The van der Waals surface area contributed by atoms with E-state index in [1.807, 2.05) is 4.98 Å². The fraction of sp³-hybridized carbons (Fsp3) is 0.636. The minimum atomic E-state index is -1.70. The Bertz CT molecular complexity index is 571. The average molecular weight is 274 g/mol. The smallest absolute Gasteiger partial charge is 0.330 e. The summed E-state index contributed by atoms with van der Waals surface area (Å²) in [5.74, 6) is 0. The Kier molecular flexibility index (Phi) is 3.57. The van der Waals surface area contributed by atoms with E-state index >= 15 is 0 Å². The number of aliphatic hydroxyl groups excluding tert-OH is 2. The Morgan fingerprint density at radius 3 is 2.68 bits per heavy atom. The molecule has 0 unspecified atom stereocenters. The number of ether oxygens (including phenoxy) is 1. The van der Waals surface area contributed by atoms with Gasteiger partial charge in [-0.15, -0.1) is 0 Å². The zero-order valence-electron chi connectivity index (χ0n) is 10.2. The molecule has 19 heavy (non-hydrogen) atoms. The molecule has 1 aliphatic heterocycles. The SMILES string of the molecule is C[C@]1(CO)[C@H](F)[C@H](n2ccc(=O)[nH]c2=O)O[C@@H]1CO. The fourth-order valence-corrected chi connectivity index (χ4v) is 2.17. The van der Waals surface area contributed by atoms with E-state index in [1.165, 1.54) is 6.92 Å². The van der Waals surface area contributed by atoms with E-state index in [0.717, 1.165) is 16.8 Å². The Hall–Kier alpha value is -1.51. The van der Waals surface area contributed by atoms with E-state index < -0.39 is 48.4 Å². The maximum Gasteiger partial charge on any atom is 0.330 e. The van der Waals surface area contributed by atoms with E-state index in [2.05, 4.69) is 0 Å². The van der Waals surface area contributed by atoms with E-state index in [9.17, 15) is 24.2 Å². The van der Waals surface area contributed by atoms with Gasteiger partial charge in [0.2, 0.25) is 0 Å². The predicted octanol–water partition coefficient (Wildman–Crippen LogP) is -1.24. The number of alkyl halides is 1. The van der Waals surface area contributed by atoms with E-state index in [0.29, 0.717) is 0 Å². The van der Waals surface area contributed by atoms with E-state index in [4.69, 9.17) is 4.74 Å². The molecule has 2 heterocycles. The van der Waals surface area contributed by atoms with Crippen molar-refractivity contribution in [2.45, 2.75) is 25.4 Å². The number of nitrogens with zero attached hydrogens (tertiary/aromatic N) is 1. The molecule has 7 nitrogen and oxygen atoms in total. The van der Waals surface area contributed by atoms with Gasteiger partial charge in [-0.1, -0.05) is 6.92 Å². The van der Waals surface area contributed by atoms with Crippen LogP contribution >= 0.6 is 0 Å². The minimum Gasteiger partial charge on any atom is -0.396 e. The first-order valence-corrected chi connectivity index (χ1v) is 5.76. The Balaban J connectivity index is 2.42. The van der Waals surface area contributed by atoms with Crippen molar-refractivity contribution in [3.05, 3.63) is 33.1 Å². The summed E-state index contributed by atoms with van der Waals surface area (Å²) in [6.07, 6.45) is -2.80. The zero-order valence-corrected chi connectivity index (χ0v) is 10.2. The topological polar surface area (TPSA) is 105 Å². The lowest BCUT2D eigenvalue weighted by atomic mass is 9.82. The number of aliphatic hydroxyl groups is 2. The molecular weight excluding hydrogens is 259 g/mol. The molecule has 4 atom stereocenters. The molecule has 0 saturated carbocycles. The van der Waals surface area contributed by atoms with Crippen molar-refractivity contribution in [3.8, 4) is 0 Å². The lowest BCUT2D eigenvalue weighted by Crippen LogP contribution is -2.41. The van der Waals surface area contributed by atoms with Crippen LogP contribution in [0.3, 0.4) is 0 Å². The van der Waals surface area contributed by atoms with Crippen LogP contribution in [0, 0.1) is 5.41 Å². The number of H-pyrrole nitrogens is 1. The molecule has 1 saturated heterocycles. The molecule has 1 fully saturated rings. The van der Waals surface area contributed by atoms with Gasteiger partial charge in [0.1, 0.15) is 0 Å². The van der Waals surface area contributed by atoms with Crippen LogP contribution < -0.4 is 11.2 Å². The maximum absolute atomic E-state index is 14.4. The highest BCUT2D eigenvalue weighted by molar-refractivity contribution is 5.00. The van der Waals surface area contributed by atoms with Gasteiger partial charge in [0, 0.05) is 12.3 Å². The summed E-state index contributed by atoms with van der Waals surface area (Å²) < 4.78 is 20.6. The Labute approximate surface area is 107 Å². The highest BCUT2D eigenvalue weighted by Gasteiger charge is 2.54. The molecule has 2 rings (SSSR count). The van der Waals surface area contributed by atoms with Crippen LogP contribution in [0.2, 0.25) is 0 Å². The maximum atomic E-state index is 14.4. The number of nitrogens with one attached hydrogen (secondary N) is 1. The monoisotopic (exact) mass is 274 g/mol. The first-order valence-electron chi connectivity index (χ1n) is 5.76. The first kappa shape index (κ1) is 13.9. The first-order chi connectivity index (χ1) is 8.93. The van der Waals surface area contributed by atoms with Crippen LogP contribution in [-0.2, 0) is 4.74 Å². The highest BCUT2D eigenvalue weighted by atomic mass is 19.1. The molecule has 0 aliphatic carbocycles. The molecule has 0 bridgehead atoms. The Morgan fingerprint density at radius 2 is 2.21 bits per heavy atom. The number of aromatic amines is 1. The average Bonchev–Trinajstić information content (AvgIpc) is 2.63. The van der Waals surface area contributed by atoms with Gasteiger partial charge in [-0.2, -0.15) is 0 Å². The summed E-state index contributed by atoms with van der Waals surface area (Å²) in [4.78, 5) is 24.6. The van der Waals surface area contributed by atoms with Gasteiger partial charge < -0.3 is 14.9 Å². The molecule has 3 N–H and O–H groups in total. The third-order valence-corrected chi connectivity index (χ3v) is 3.55. The molecule has 1 aliphatic rings. The second-order valence-electron chi connectivity index (χ2n) is 4.78. The second kappa shape index (κ2) is 4.87. The van der Waals surface area contributed by atoms with E-state index in [1.54, 1.807) is 0 Å². The van der Waals surface area contributed by atoms with Crippen LogP contribution in [0.4, 0.5) is 4.39 Å².